The molecule has 0 amide bonds. The van der Waals surface area contributed by atoms with Crippen molar-refractivity contribution in [2.45, 2.75) is 0 Å². The fraction of sp³-hybridized carbons (Fsp3) is 0.0833. The van der Waals surface area contributed by atoms with Gasteiger partial charge in [-0.3, -0.25) is 10.7 Å². The highest BCUT2D eigenvalue weighted by Crippen LogP contribution is 2.38. The second-order valence-corrected chi connectivity index (χ2v) is 7.98. The minimum atomic E-state index is -1.06. The Kier molecular flexibility index (Phi) is 5.22. The maximum atomic E-state index is 12.0. The van der Waals surface area contributed by atoms with E-state index in [1.54, 1.807) is 36.4 Å². The highest BCUT2D eigenvalue weighted by Gasteiger charge is 2.18. The fourth-order valence-electron chi connectivity index (χ4n) is 3.65. The second-order valence-electron chi connectivity index (χ2n) is 7.12. The van der Waals surface area contributed by atoms with E-state index in [0.717, 1.165) is 17.0 Å². The van der Waals surface area contributed by atoms with Crippen LogP contribution in [-0.4, -0.2) is 34.5 Å². The van der Waals surface area contributed by atoms with Crippen molar-refractivity contribution in [2.75, 3.05) is 18.7 Å². The Bertz CT molecular complexity index is 1320. The number of thiazole rings is 1. The van der Waals surface area contributed by atoms with Crippen molar-refractivity contribution in [3.63, 3.8) is 0 Å². The Morgan fingerprint density at radius 2 is 1.72 bits per heavy atom. The average Bonchev–Trinajstić information content (AvgIpc) is 3.33. The maximum Gasteiger partial charge on any atom is 0.336 e. The zero-order chi connectivity index (χ0) is 22.1. The third-order valence-electron chi connectivity index (χ3n) is 5.18. The van der Waals surface area contributed by atoms with Gasteiger partial charge >= 0.3 is 5.97 Å². The van der Waals surface area contributed by atoms with Crippen molar-refractivity contribution < 1.29 is 24.6 Å². The first-order chi connectivity index (χ1) is 15.6. The van der Waals surface area contributed by atoms with Crippen molar-refractivity contribution in [3.05, 3.63) is 71.6 Å². The van der Waals surface area contributed by atoms with Crippen molar-refractivity contribution in [3.8, 4) is 44.5 Å². The summed E-state index contributed by atoms with van der Waals surface area (Å²) < 4.78 is 11.2. The number of carboxylic acids is 1. The van der Waals surface area contributed by atoms with E-state index < -0.39 is 5.97 Å². The lowest BCUT2D eigenvalue weighted by Crippen LogP contribution is -2.15. The van der Waals surface area contributed by atoms with E-state index in [1.165, 1.54) is 11.3 Å². The molecule has 1 aliphatic heterocycles. The zero-order valence-corrected chi connectivity index (χ0v) is 17.6. The molecule has 0 unspecified atom stereocenters. The van der Waals surface area contributed by atoms with Crippen molar-refractivity contribution in [1.82, 2.24) is 4.98 Å². The van der Waals surface area contributed by atoms with Gasteiger partial charge in [-0.1, -0.05) is 30.3 Å². The van der Waals surface area contributed by atoms with Crippen LogP contribution in [0, 0.1) is 0 Å². The summed E-state index contributed by atoms with van der Waals surface area (Å²) in [6, 6.07) is 17.9. The summed E-state index contributed by atoms with van der Waals surface area (Å²) in [5.41, 5.74) is 6.15. The molecule has 160 valence electrons. The average molecular weight is 446 g/mol. The molecule has 0 saturated carbocycles. The van der Waals surface area contributed by atoms with E-state index in [-0.39, 0.29) is 5.56 Å². The molecule has 3 N–H and O–H groups in total. The van der Waals surface area contributed by atoms with E-state index in [9.17, 15) is 15.1 Å². The smallest absolute Gasteiger partial charge is 0.336 e. The lowest BCUT2D eigenvalue weighted by molar-refractivity contribution is 0.0697. The van der Waals surface area contributed by atoms with Crippen LogP contribution in [0.1, 0.15) is 10.4 Å². The largest absolute Gasteiger partial charge is 0.486 e. The minimum Gasteiger partial charge on any atom is -0.486 e. The van der Waals surface area contributed by atoms with Crippen LogP contribution in [-0.2, 0) is 0 Å². The van der Waals surface area contributed by atoms with Crippen LogP contribution in [0.4, 0.5) is 5.69 Å². The number of aromatic nitrogens is 1. The van der Waals surface area contributed by atoms with E-state index >= 15 is 0 Å². The molecule has 3 aromatic carbocycles. The predicted molar refractivity (Wildman–Crippen MR) is 122 cm³/mol. The molecule has 7 nitrogen and oxygen atoms in total. The molecule has 4 aromatic rings. The quantitative estimate of drug-likeness (QED) is 0.352. The summed E-state index contributed by atoms with van der Waals surface area (Å²) in [7, 11) is 0. The number of nitrogens with zero attached hydrogens (tertiary/aromatic N) is 1. The van der Waals surface area contributed by atoms with Gasteiger partial charge in [0.1, 0.15) is 18.2 Å². The topological polar surface area (TPSA) is 101 Å². The van der Waals surface area contributed by atoms with Crippen LogP contribution < -0.4 is 15.0 Å². The summed E-state index contributed by atoms with van der Waals surface area (Å²) in [4.78, 5) is 16.7. The Balaban J connectivity index is 1.52. The molecule has 1 aliphatic rings. The van der Waals surface area contributed by atoms with Gasteiger partial charge in [0, 0.05) is 22.1 Å². The SMILES string of the molecule is O=C(O)c1cc(-c2nc(-c3ccc4c(c3)OCCO4)cs2)ccc1-c1ccccc1NO. The standard InChI is InChI=1S/C24H18N2O5S/c27-24(28)18-11-15(5-7-16(18)17-3-1-2-4-19(17)26-29)23-25-20(13-32-23)14-6-8-21-22(12-14)31-10-9-30-21/h1-8,11-13,26,29H,9-10H2,(H,27,28). The molecule has 2 heterocycles. The number of benzene rings is 3. The van der Waals surface area contributed by atoms with Gasteiger partial charge in [0.15, 0.2) is 11.5 Å². The van der Waals surface area contributed by atoms with Gasteiger partial charge in [-0.15, -0.1) is 11.3 Å². The number of carbonyl (C=O) groups is 1. The Hall–Kier alpha value is -3.88. The summed E-state index contributed by atoms with van der Waals surface area (Å²) in [5, 5.41) is 21.9. The number of fused-ring (bicyclic) bond motifs is 1. The van der Waals surface area contributed by atoms with E-state index in [2.05, 4.69) is 5.48 Å². The van der Waals surface area contributed by atoms with Crippen molar-refractivity contribution >= 4 is 23.0 Å². The van der Waals surface area contributed by atoms with Gasteiger partial charge < -0.3 is 14.6 Å². The summed E-state index contributed by atoms with van der Waals surface area (Å²) in [6.07, 6.45) is 0. The number of nitrogens with one attached hydrogen (secondary N) is 1. The number of ether oxygens (including phenoxy) is 2. The van der Waals surface area contributed by atoms with Crippen LogP contribution in [0.3, 0.4) is 0 Å². The number of rotatable bonds is 5. The third kappa shape index (κ3) is 3.66. The van der Waals surface area contributed by atoms with Crippen molar-refractivity contribution in [1.29, 1.82) is 0 Å². The second kappa shape index (κ2) is 8.33. The number of hydrogen-bond donors (Lipinski definition) is 3. The van der Waals surface area contributed by atoms with Gasteiger partial charge in [0.2, 0.25) is 0 Å². The van der Waals surface area contributed by atoms with Crippen LogP contribution in [0.25, 0.3) is 33.0 Å². The summed E-state index contributed by atoms with van der Waals surface area (Å²) >= 11 is 1.44. The monoisotopic (exact) mass is 446 g/mol. The Morgan fingerprint density at radius 1 is 0.938 bits per heavy atom. The van der Waals surface area contributed by atoms with Crippen LogP contribution in [0.15, 0.2) is 66.0 Å². The van der Waals surface area contributed by atoms with E-state index in [4.69, 9.17) is 14.5 Å². The number of hydrogen-bond acceptors (Lipinski definition) is 7. The molecule has 0 saturated heterocycles. The molecule has 0 bridgehead atoms. The molecule has 0 atom stereocenters. The molecular weight excluding hydrogens is 428 g/mol. The molecule has 8 heteroatoms. The number of carboxylic acid groups (broad SMARTS) is 1. The first-order valence-corrected chi connectivity index (χ1v) is 10.7. The molecule has 32 heavy (non-hydrogen) atoms. The molecule has 0 spiro atoms. The van der Waals surface area contributed by atoms with E-state index in [0.29, 0.717) is 46.3 Å². The van der Waals surface area contributed by atoms with Gasteiger partial charge in [0.25, 0.3) is 0 Å². The zero-order valence-electron chi connectivity index (χ0n) is 16.7. The normalized spacial score (nSPS) is 12.4. The molecule has 0 radical (unpaired) electrons. The van der Waals surface area contributed by atoms with Crippen molar-refractivity contribution in [2.24, 2.45) is 0 Å². The lowest BCUT2D eigenvalue weighted by Gasteiger charge is -2.18. The van der Waals surface area contributed by atoms with Crippen LogP contribution >= 0.6 is 11.3 Å². The first-order valence-electron chi connectivity index (χ1n) is 9.87. The van der Waals surface area contributed by atoms with Crippen LogP contribution in [0.2, 0.25) is 0 Å². The van der Waals surface area contributed by atoms with Gasteiger partial charge in [-0.25, -0.2) is 9.78 Å². The Morgan fingerprint density at radius 3 is 2.53 bits per heavy atom. The molecule has 0 fully saturated rings. The molecule has 5 rings (SSSR count). The predicted octanol–water partition coefficient (Wildman–Crippen LogP) is 5.41. The summed E-state index contributed by atoms with van der Waals surface area (Å²) in [5.74, 6) is 0.352. The first kappa shape index (κ1) is 20.0. The highest BCUT2D eigenvalue weighted by molar-refractivity contribution is 7.13. The number of para-hydroxylation sites is 1. The van der Waals surface area contributed by atoms with E-state index in [1.807, 2.05) is 29.6 Å². The molecule has 0 aliphatic carbocycles. The maximum absolute atomic E-state index is 12.0. The minimum absolute atomic E-state index is 0.126. The lowest BCUT2D eigenvalue weighted by atomic mass is 9.96. The molecule has 1 aromatic heterocycles. The van der Waals surface area contributed by atoms with Gasteiger partial charge in [0.05, 0.1) is 16.9 Å². The fourth-order valence-corrected chi connectivity index (χ4v) is 4.47. The number of anilines is 1. The highest BCUT2D eigenvalue weighted by atomic mass is 32.1. The third-order valence-corrected chi connectivity index (χ3v) is 6.07. The van der Waals surface area contributed by atoms with Gasteiger partial charge in [-0.2, -0.15) is 0 Å². The van der Waals surface area contributed by atoms with Gasteiger partial charge in [-0.05, 0) is 35.9 Å². The number of aromatic carboxylic acids is 1. The Labute approximate surface area is 187 Å². The molecular formula is C24H18N2O5S. The summed E-state index contributed by atoms with van der Waals surface area (Å²) in [6.45, 7) is 1.05. The van der Waals surface area contributed by atoms with Crippen LogP contribution in [0.5, 0.6) is 11.5 Å².